The van der Waals surface area contributed by atoms with Crippen LogP contribution in [-0.4, -0.2) is 26.8 Å². The summed E-state index contributed by atoms with van der Waals surface area (Å²) >= 11 is 3.39. The van der Waals surface area contributed by atoms with Crippen molar-refractivity contribution in [2.45, 2.75) is 6.92 Å². The van der Waals surface area contributed by atoms with E-state index in [2.05, 4.69) is 20.8 Å². The van der Waals surface area contributed by atoms with Crippen molar-refractivity contribution in [1.29, 1.82) is 0 Å². The molecule has 84 valence electrons. The standard InChI is InChI=1S/C11H17BrN2O/c1-3-15-7-6-14(2)11-5-4-9(12)8-10(11)13/h4-5,8H,3,6-7,13H2,1-2H3. The van der Waals surface area contributed by atoms with Gasteiger partial charge in [0.15, 0.2) is 0 Å². The van der Waals surface area contributed by atoms with Crippen molar-refractivity contribution in [3.05, 3.63) is 22.7 Å². The first-order valence-corrected chi connectivity index (χ1v) is 5.78. The lowest BCUT2D eigenvalue weighted by atomic mass is 10.2. The van der Waals surface area contributed by atoms with Gasteiger partial charge in [-0.3, -0.25) is 0 Å². The Kier molecular flexibility index (Phi) is 4.91. The van der Waals surface area contributed by atoms with Crippen molar-refractivity contribution in [2.75, 3.05) is 37.4 Å². The van der Waals surface area contributed by atoms with E-state index in [1.165, 1.54) is 0 Å². The molecule has 2 N–H and O–H groups in total. The number of halogens is 1. The number of hydrogen-bond acceptors (Lipinski definition) is 3. The van der Waals surface area contributed by atoms with Crippen molar-refractivity contribution in [2.24, 2.45) is 0 Å². The van der Waals surface area contributed by atoms with Gasteiger partial charge in [0.2, 0.25) is 0 Å². The van der Waals surface area contributed by atoms with Gasteiger partial charge in [-0.05, 0) is 25.1 Å². The van der Waals surface area contributed by atoms with E-state index in [1.54, 1.807) is 0 Å². The Balaban J connectivity index is 2.61. The molecule has 3 nitrogen and oxygen atoms in total. The number of rotatable bonds is 5. The summed E-state index contributed by atoms with van der Waals surface area (Å²) < 4.78 is 6.30. The molecule has 0 heterocycles. The van der Waals surface area contributed by atoms with Crippen LogP contribution in [0.5, 0.6) is 0 Å². The molecule has 0 aliphatic heterocycles. The summed E-state index contributed by atoms with van der Waals surface area (Å²) in [7, 11) is 2.01. The maximum atomic E-state index is 5.91. The maximum absolute atomic E-state index is 5.91. The van der Waals surface area contributed by atoms with Crippen LogP contribution in [0.4, 0.5) is 11.4 Å². The molecular formula is C11H17BrN2O. The number of likely N-dealkylation sites (N-methyl/N-ethyl adjacent to an activating group) is 1. The van der Waals surface area contributed by atoms with Gasteiger partial charge in [-0.2, -0.15) is 0 Å². The first kappa shape index (κ1) is 12.3. The van der Waals surface area contributed by atoms with Gasteiger partial charge in [0.25, 0.3) is 0 Å². The van der Waals surface area contributed by atoms with E-state index in [0.29, 0.717) is 0 Å². The normalized spacial score (nSPS) is 10.3. The third-order valence-electron chi connectivity index (χ3n) is 2.18. The number of nitrogens with two attached hydrogens (primary N) is 1. The Bertz CT molecular complexity index is 317. The Hall–Kier alpha value is -0.740. The lowest BCUT2D eigenvalue weighted by molar-refractivity contribution is 0.154. The fourth-order valence-electron chi connectivity index (χ4n) is 1.34. The number of nitrogens with zero attached hydrogens (tertiary/aromatic N) is 1. The number of hydrogen-bond donors (Lipinski definition) is 1. The monoisotopic (exact) mass is 272 g/mol. The molecule has 0 unspecified atom stereocenters. The van der Waals surface area contributed by atoms with Gasteiger partial charge in [-0.1, -0.05) is 15.9 Å². The van der Waals surface area contributed by atoms with Crippen molar-refractivity contribution in [3.8, 4) is 0 Å². The summed E-state index contributed by atoms with van der Waals surface area (Å²) in [6.45, 7) is 4.32. The second-order valence-electron chi connectivity index (χ2n) is 3.32. The van der Waals surface area contributed by atoms with Gasteiger partial charge < -0.3 is 15.4 Å². The summed E-state index contributed by atoms with van der Waals surface area (Å²) in [6.07, 6.45) is 0. The Morgan fingerprint density at radius 1 is 1.47 bits per heavy atom. The van der Waals surface area contributed by atoms with E-state index in [1.807, 2.05) is 32.2 Å². The van der Waals surface area contributed by atoms with Crippen LogP contribution >= 0.6 is 15.9 Å². The van der Waals surface area contributed by atoms with Crippen molar-refractivity contribution in [3.63, 3.8) is 0 Å². The van der Waals surface area contributed by atoms with Crippen molar-refractivity contribution in [1.82, 2.24) is 0 Å². The first-order chi connectivity index (χ1) is 7.15. The fourth-order valence-corrected chi connectivity index (χ4v) is 1.72. The van der Waals surface area contributed by atoms with Gasteiger partial charge >= 0.3 is 0 Å². The smallest absolute Gasteiger partial charge is 0.0641 e. The molecule has 0 aliphatic carbocycles. The first-order valence-electron chi connectivity index (χ1n) is 4.99. The summed E-state index contributed by atoms with van der Waals surface area (Å²) in [5.74, 6) is 0. The van der Waals surface area contributed by atoms with Crippen LogP contribution in [0, 0.1) is 0 Å². The zero-order valence-corrected chi connectivity index (χ0v) is 10.8. The number of benzene rings is 1. The van der Waals surface area contributed by atoms with E-state index < -0.39 is 0 Å². The van der Waals surface area contributed by atoms with Crippen LogP contribution in [-0.2, 0) is 4.74 Å². The molecule has 15 heavy (non-hydrogen) atoms. The minimum Gasteiger partial charge on any atom is -0.397 e. The summed E-state index contributed by atoms with van der Waals surface area (Å²) in [5, 5.41) is 0. The summed E-state index contributed by atoms with van der Waals surface area (Å²) in [6, 6.07) is 5.90. The third kappa shape index (κ3) is 3.72. The SMILES string of the molecule is CCOCCN(C)c1ccc(Br)cc1N. The summed E-state index contributed by atoms with van der Waals surface area (Å²) in [5.41, 5.74) is 7.73. The molecule has 0 bridgehead atoms. The Labute approximate surface area is 99.3 Å². The molecule has 0 amide bonds. The van der Waals surface area contributed by atoms with Gasteiger partial charge in [0.05, 0.1) is 18.0 Å². The van der Waals surface area contributed by atoms with E-state index in [9.17, 15) is 0 Å². The molecule has 0 atom stereocenters. The average Bonchev–Trinajstić information content (AvgIpc) is 2.17. The fraction of sp³-hybridized carbons (Fsp3) is 0.455. The molecule has 0 saturated carbocycles. The molecule has 1 aromatic carbocycles. The lowest BCUT2D eigenvalue weighted by Gasteiger charge is -2.20. The third-order valence-corrected chi connectivity index (χ3v) is 2.67. The van der Waals surface area contributed by atoms with Crippen LogP contribution < -0.4 is 10.6 Å². The molecule has 0 aromatic heterocycles. The molecule has 0 spiro atoms. The minimum absolute atomic E-state index is 0.725. The molecule has 4 heteroatoms. The summed E-state index contributed by atoms with van der Waals surface area (Å²) in [4.78, 5) is 2.09. The highest BCUT2D eigenvalue weighted by Crippen LogP contribution is 2.25. The Morgan fingerprint density at radius 2 is 2.20 bits per heavy atom. The van der Waals surface area contributed by atoms with Crippen molar-refractivity contribution >= 4 is 27.3 Å². The predicted octanol–water partition coefficient (Wildman–Crippen LogP) is 2.50. The van der Waals surface area contributed by atoms with Crippen LogP contribution in [0.25, 0.3) is 0 Å². The van der Waals surface area contributed by atoms with Gasteiger partial charge in [-0.25, -0.2) is 0 Å². The largest absolute Gasteiger partial charge is 0.397 e. The number of anilines is 2. The topological polar surface area (TPSA) is 38.5 Å². The second kappa shape index (κ2) is 5.98. The zero-order chi connectivity index (χ0) is 11.3. The number of ether oxygens (including phenoxy) is 1. The van der Waals surface area contributed by atoms with Crippen LogP contribution in [0.1, 0.15) is 6.92 Å². The highest BCUT2D eigenvalue weighted by Gasteiger charge is 2.04. The van der Waals surface area contributed by atoms with E-state index in [4.69, 9.17) is 10.5 Å². The van der Waals surface area contributed by atoms with Crippen LogP contribution in [0.15, 0.2) is 22.7 Å². The molecule has 1 aromatic rings. The maximum Gasteiger partial charge on any atom is 0.0641 e. The zero-order valence-electron chi connectivity index (χ0n) is 9.16. The average molecular weight is 273 g/mol. The van der Waals surface area contributed by atoms with E-state index in [0.717, 1.165) is 35.6 Å². The molecule has 0 aliphatic rings. The quantitative estimate of drug-likeness (QED) is 0.661. The molecule has 0 saturated heterocycles. The molecular weight excluding hydrogens is 256 g/mol. The molecule has 1 rings (SSSR count). The predicted molar refractivity (Wildman–Crippen MR) is 68.3 cm³/mol. The van der Waals surface area contributed by atoms with Gasteiger partial charge in [-0.15, -0.1) is 0 Å². The van der Waals surface area contributed by atoms with E-state index >= 15 is 0 Å². The van der Waals surface area contributed by atoms with Crippen molar-refractivity contribution < 1.29 is 4.74 Å². The number of nitrogen functional groups attached to an aromatic ring is 1. The lowest BCUT2D eigenvalue weighted by Crippen LogP contribution is -2.23. The highest BCUT2D eigenvalue weighted by atomic mass is 79.9. The Morgan fingerprint density at radius 3 is 2.80 bits per heavy atom. The molecule has 0 fully saturated rings. The molecule has 0 radical (unpaired) electrons. The van der Waals surface area contributed by atoms with Crippen LogP contribution in [0.3, 0.4) is 0 Å². The second-order valence-corrected chi connectivity index (χ2v) is 4.24. The van der Waals surface area contributed by atoms with E-state index in [-0.39, 0.29) is 0 Å². The van der Waals surface area contributed by atoms with Crippen LogP contribution in [0.2, 0.25) is 0 Å². The van der Waals surface area contributed by atoms with Gasteiger partial charge in [0, 0.05) is 24.7 Å². The minimum atomic E-state index is 0.725. The highest BCUT2D eigenvalue weighted by molar-refractivity contribution is 9.10. The van der Waals surface area contributed by atoms with Gasteiger partial charge in [0.1, 0.15) is 0 Å².